The summed E-state index contributed by atoms with van der Waals surface area (Å²) >= 11 is 6.22. The number of nitrogens with one attached hydrogen (secondary N) is 1. The second-order valence-electron chi connectivity index (χ2n) is 7.03. The lowest BCUT2D eigenvalue weighted by Crippen LogP contribution is -2.16. The van der Waals surface area contributed by atoms with Gasteiger partial charge in [-0.3, -0.25) is 4.79 Å². The summed E-state index contributed by atoms with van der Waals surface area (Å²) in [5.74, 6) is 1.45. The Bertz CT molecular complexity index is 1490. The van der Waals surface area contributed by atoms with Crippen LogP contribution in [0.4, 0.5) is 5.82 Å². The Labute approximate surface area is 193 Å². The predicted octanol–water partition coefficient (Wildman–Crippen LogP) is 4.56. The van der Waals surface area contributed by atoms with E-state index in [1.165, 1.54) is 0 Å². The molecular formula is C24H16ClN5O3. The van der Waals surface area contributed by atoms with E-state index in [1.807, 2.05) is 30.3 Å². The number of halogens is 1. The molecule has 33 heavy (non-hydrogen) atoms. The largest absolute Gasteiger partial charge is 0.487 e. The average Bonchev–Trinajstić information content (AvgIpc) is 3.18. The predicted molar refractivity (Wildman–Crippen MR) is 122 cm³/mol. The molecular weight excluding hydrogens is 442 g/mol. The summed E-state index contributed by atoms with van der Waals surface area (Å²) in [6, 6.07) is 17.7. The van der Waals surface area contributed by atoms with Gasteiger partial charge in [0.1, 0.15) is 52.9 Å². The summed E-state index contributed by atoms with van der Waals surface area (Å²) in [4.78, 5) is 18.9. The monoisotopic (exact) mass is 457 g/mol. The number of anilines is 1. The second kappa shape index (κ2) is 8.91. The number of nitrogens with zero attached hydrogens (tertiary/aromatic N) is 3. The Morgan fingerprint density at radius 3 is 2.48 bits per heavy atom. The number of nitrogens with two attached hydrogens (primary N) is 1. The molecule has 0 aliphatic heterocycles. The van der Waals surface area contributed by atoms with Gasteiger partial charge in [-0.05, 0) is 36.8 Å². The van der Waals surface area contributed by atoms with Gasteiger partial charge in [0.15, 0.2) is 0 Å². The fourth-order valence-corrected chi connectivity index (χ4v) is 3.53. The highest BCUT2D eigenvalue weighted by Crippen LogP contribution is 2.31. The van der Waals surface area contributed by atoms with Crippen molar-refractivity contribution < 1.29 is 9.15 Å². The van der Waals surface area contributed by atoms with Crippen LogP contribution in [0.2, 0.25) is 5.02 Å². The number of ether oxygens (including phenoxy) is 1. The van der Waals surface area contributed by atoms with E-state index >= 15 is 0 Å². The van der Waals surface area contributed by atoms with Crippen molar-refractivity contribution in [3.05, 3.63) is 86.5 Å². The first-order valence-electron chi connectivity index (χ1n) is 9.73. The first-order valence-corrected chi connectivity index (χ1v) is 10.1. The number of aromatic nitrogens is 2. The molecule has 0 unspecified atom stereocenters. The van der Waals surface area contributed by atoms with Crippen LogP contribution < -0.4 is 16.0 Å². The molecule has 4 rings (SSSR count). The van der Waals surface area contributed by atoms with E-state index in [9.17, 15) is 15.3 Å². The van der Waals surface area contributed by atoms with Crippen LogP contribution in [0.5, 0.6) is 5.75 Å². The summed E-state index contributed by atoms with van der Waals surface area (Å²) in [5, 5.41) is 19.4. The highest BCUT2D eigenvalue weighted by molar-refractivity contribution is 6.33. The zero-order valence-electron chi connectivity index (χ0n) is 17.3. The van der Waals surface area contributed by atoms with E-state index in [0.29, 0.717) is 39.2 Å². The lowest BCUT2D eigenvalue weighted by molar-refractivity contribution is 0.299. The first-order chi connectivity index (χ1) is 15.9. The van der Waals surface area contributed by atoms with Gasteiger partial charge in [0.2, 0.25) is 5.89 Å². The molecule has 0 aliphatic rings. The summed E-state index contributed by atoms with van der Waals surface area (Å²) < 4.78 is 11.6. The number of aromatic amines is 1. The van der Waals surface area contributed by atoms with E-state index in [0.717, 1.165) is 0 Å². The molecule has 0 amide bonds. The molecule has 8 nitrogen and oxygen atoms in total. The summed E-state index contributed by atoms with van der Waals surface area (Å²) in [5.41, 5.74) is 6.95. The van der Waals surface area contributed by atoms with Crippen molar-refractivity contribution in [3.8, 4) is 40.5 Å². The smallest absolute Gasteiger partial charge is 0.268 e. The molecule has 0 fully saturated rings. The van der Waals surface area contributed by atoms with Crippen molar-refractivity contribution in [1.29, 1.82) is 10.5 Å². The van der Waals surface area contributed by atoms with Crippen LogP contribution in [-0.4, -0.2) is 9.97 Å². The van der Waals surface area contributed by atoms with E-state index in [-0.39, 0.29) is 29.1 Å². The van der Waals surface area contributed by atoms with Gasteiger partial charge in [0.25, 0.3) is 5.56 Å². The van der Waals surface area contributed by atoms with Gasteiger partial charge in [0, 0.05) is 5.56 Å². The zero-order valence-corrected chi connectivity index (χ0v) is 18.1. The van der Waals surface area contributed by atoms with Gasteiger partial charge in [-0.25, -0.2) is 4.98 Å². The maximum Gasteiger partial charge on any atom is 0.268 e. The number of nitrogen functional groups attached to an aromatic ring is 1. The topological polar surface area (TPSA) is 142 Å². The Morgan fingerprint density at radius 2 is 1.82 bits per heavy atom. The van der Waals surface area contributed by atoms with Crippen LogP contribution in [-0.2, 0) is 6.61 Å². The maximum atomic E-state index is 12.1. The zero-order chi connectivity index (χ0) is 23.5. The van der Waals surface area contributed by atoms with E-state index in [1.54, 1.807) is 37.3 Å². The molecule has 0 bridgehead atoms. The van der Waals surface area contributed by atoms with Crippen LogP contribution in [0, 0.1) is 29.6 Å². The minimum Gasteiger partial charge on any atom is -0.487 e. The Balaban J connectivity index is 1.57. The van der Waals surface area contributed by atoms with Gasteiger partial charge >= 0.3 is 0 Å². The molecule has 3 N–H and O–H groups in total. The van der Waals surface area contributed by atoms with Crippen LogP contribution in [0.15, 0.2) is 57.7 Å². The summed E-state index contributed by atoms with van der Waals surface area (Å²) in [7, 11) is 0. The Hall–Kier alpha value is -4.53. The molecule has 4 aromatic rings. The SMILES string of the molecule is Cc1oc(-c2ccccc2Cl)nc1COc1ccc(-c2c(C#N)c(N)[nH]c(=O)c2C#N)cc1. The van der Waals surface area contributed by atoms with E-state index in [2.05, 4.69) is 9.97 Å². The van der Waals surface area contributed by atoms with Crippen molar-refractivity contribution in [2.75, 3.05) is 5.73 Å². The number of H-pyrrole nitrogens is 1. The molecule has 2 aromatic heterocycles. The molecule has 2 heterocycles. The van der Waals surface area contributed by atoms with Crippen molar-refractivity contribution in [1.82, 2.24) is 9.97 Å². The van der Waals surface area contributed by atoms with Crippen LogP contribution in [0.1, 0.15) is 22.6 Å². The molecule has 162 valence electrons. The maximum absolute atomic E-state index is 12.1. The Kier molecular flexibility index (Phi) is 5.86. The lowest BCUT2D eigenvalue weighted by atomic mass is 9.96. The molecule has 9 heteroatoms. The van der Waals surface area contributed by atoms with Gasteiger partial charge < -0.3 is 19.9 Å². The molecule has 0 spiro atoms. The number of nitriles is 2. The molecule has 0 radical (unpaired) electrons. The minimum absolute atomic E-state index is 0.0325. The highest BCUT2D eigenvalue weighted by atomic mass is 35.5. The molecule has 0 saturated carbocycles. The normalized spacial score (nSPS) is 10.4. The van der Waals surface area contributed by atoms with E-state index in [4.69, 9.17) is 26.5 Å². The first kappa shape index (κ1) is 21.7. The number of rotatable bonds is 5. The fourth-order valence-electron chi connectivity index (χ4n) is 3.31. The highest BCUT2D eigenvalue weighted by Gasteiger charge is 2.18. The van der Waals surface area contributed by atoms with E-state index < -0.39 is 5.56 Å². The number of hydrogen-bond acceptors (Lipinski definition) is 7. The number of pyridine rings is 1. The van der Waals surface area contributed by atoms with Gasteiger partial charge in [-0.15, -0.1) is 0 Å². The summed E-state index contributed by atoms with van der Waals surface area (Å²) in [6.07, 6.45) is 0. The van der Waals surface area contributed by atoms with Crippen LogP contribution in [0.3, 0.4) is 0 Å². The average molecular weight is 458 g/mol. The van der Waals surface area contributed by atoms with Crippen LogP contribution in [0.25, 0.3) is 22.6 Å². The van der Waals surface area contributed by atoms with Crippen molar-refractivity contribution >= 4 is 17.4 Å². The third-order valence-electron chi connectivity index (χ3n) is 4.98. The van der Waals surface area contributed by atoms with Crippen LogP contribution >= 0.6 is 11.6 Å². The van der Waals surface area contributed by atoms with Gasteiger partial charge in [-0.1, -0.05) is 35.9 Å². The quantitative estimate of drug-likeness (QED) is 0.447. The third-order valence-corrected chi connectivity index (χ3v) is 5.31. The number of aryl methyl sites for hydroxylation is 1. The molecule has 0 saturated heterocycles. The number of hydrogen-bond donors (Lipinski definition) is 2. The standard InChI is InChI=1S/C24H16ClN5O3/c1-13-20(29-24(33-13)16-4-2-3-5-19(16)25)12-32-15-8-6-14(7-9-15)21-17(10-26)22(28)30-23(31)18(21)11-27/h2-9H,12H2,1H3,(H3,28,30,31). The third kappa shape index (κ3) is 4.16. The Morgan fingerprint density at radius 1 is 1.12 bits per heavy atom. The van der Waals surface area contributed by atoms with Crippen molar-refractivity contribution in [2.24, 2.45) is 0 Å². The summed E-state index contributed by atoms with van der Waals surface area (Å²) in [6.45, 7) is 1.95. The number of oxazole rings is 1. The lowest BCUT2D eigenvalue weighted by Gasteiger charge is -2.10. The van der Waals surface area contributed by atoms with Crippen molar-refractivity contribution in [2.45, 2.75) is 13.5 Å². The molecule has 0 aliphatic carbocycles. The minimum atomic E-state index is -0.653. The number of benzene rings is 2. The van der Waals surface area contributed by atoms with Gasteiger partial charge in [-0.2, -0.15) is 10.5 Å². The van der Waals surface area contributed by atoms with Gasteiger partial charge in [0.05, 0.1) is 10.6 Å². The van der Waals surface area contributed by atoms with Crippen molar-refractivity contribution in [3.63, 3.8) is 0 Å². The second-order valence-corrected chi connectivity index (χ2v) is 7.44. The molecule has 0 atom stereocenters. The molecule has 2 aromatic carbocycles. The fraction of sp³-hybridized carbons (Fsp3) is 0.0833.